The van der Waals surface area contributed by atoms with Crippen LogP contribution in [0.25, 0.3) is 0 Å². The van der Waals surface area contributed by atoms with Crippen molar-refractivity contribution in [1.82, 2.24) is 4.90 Å². The predicted octanol–water partition coefficient (Wildman–Crippen LogP) is 2.55. The van der Waals surface area contributed by atoms with E-state index < -0.39 is 5.97 Å². The summed E-state index contributed by atoms with van der Waals surface area (Å²) >= 11 is 0. The van der Waals surface area contributed by atoms with Gasteiger partial charge in [0.05, 0.1) is 12.5 Å². The number of carbonyl (C=O) groups is 1. The second kappa shape index (κ2) is 6.06. The van der Waals surface area contributed by atoms with E-state index in [0.29, 0.717) is 13.1 Å². The van der Waals surface area contributed by atoms with Crippen LogP contribution in [0.1, 0.15) is 31.9 Å². The molecule has 4 nitrogen and oxygen atoms in total. The van der Waals surface area contributed by atoms with Crippen molar-refractivity contribution in [3.05, 3.63) is 29.8 Å². The molecule has 0 aromatic heterocycles. The Hall–Kier alpha value is -1.55. The average molecular weight is 263 g/mol. The zero-order valence-electron chi connectivity index (χ0n) is 11.5. The van der Waals surface area contributed by atoms with Crippen molar-refractivity contribution < 1.29 is 14.6 Å². The zero-order valence-corrected chi connectivity index (χ0v) is 11.5. The first-order chi connectivity index (χ1) is 9.11. The predicted molar refractivity (Wildman–Crippen MR) is 73.3 cm³/mol. The number of ether oxygens (including phenoxy) is 1. The molecule has 2 rings (SSSR count). The van der Waals surface area contributed by atoms with Gasteiger partial charge in [0, 0.05) is 19.1 Å². The molecule has 0 saturated carbocycles. The van der Waals surface area contributed by atoms with E-state index in [2.05, 4.69) is 30.9 Å². The van der Waals surface area contributed by atoms with Crippen LogP contribution in [0.5, 0.6) is 5.75 Å². The first kappa shape index (κ1) is 13.9. The third-order valence-electron chi connectivity index (χ3n) is 3.64. The van der Waals surface area contributed by atoms with Crippen LogP contribution in [0.15, 0.2) is 24.3 Å². The molecule has 0 spiro atoms. The molecular weight excluding hydrogens is 242 g/mol. The van der Waals surface area contributed by atoms with Gasteiger partial charge in [0.2, 0.25) is 0 Å². The van der Waals surface area contributed by atoms with E-state index >= 15 is 0 Å². The Labute approximate surface area is 114 Å². The SMILES string of the molecule is CCCOc1ccc(C(C)N2CC(C(=O)O)C2)cc1. The number of carboxylic acids is 1. The first-order valence-electron chi connectivity index (χ1n) is 6.81. The largest absolute Gasteiger partial charge is 0.494 e. The Balaban J connectivity index is 1.89. The fourth-order valence-corrected chi connectivity index (χ4v) is 2.26. The van der Waals surface area contributed by atoms with Gasteiger partial charge in [-0.1, -0.05) is 19.1 Å². The smallest absolute Gasteiger partial charge is 0.309 e. The summed E-state index contributed by atoms with van der Waals surface area (Å²) in [7, 11) is 0. The fraction of sp³-hybridized carbons (Fsp3) is 0.533. The monoisotopic (exact) mass is 263 g/mol. The second-order valence-electron chi connectivity index (χ2n) is 5.08. The lowest BCUT2D eigenvalue weighted by Gasteiger charge is -2.41. The van der Waals surface area contributed by atoms with Crippen molar-refractivity contribution in [2.45, 2.75) is 26.3 Å². The van der Waals surface area contributed by atoms with Gasteiger partial charge in [0.15, 0.2) is 0 Å². The molecule has 1 aromatic rings. The van der Waals surface area contributed by atoms with Crippen LogP contribution in [-0.4, -0.2) is 35.7 Å². The van der Waals surface area contributed by atoms with Gasteiger partial charge in [-0.15, -0.1) is 0 Å². The Morgan fingerprint density at radius 1 is 1.42 bits per heavy atom. The van der Waals surface area contributed by atoms with Gasteiger partial charge in [0.25, 0.3) is 0 Å². The van der Waals surface area contributed by atoms with E-state index in [0.717, 1.165) is 18.8 Å². The lowest BCUT2D eigenvalue weighted by molar-refractivity contribution is -0.148. The maximum atomic E-state index is 10.8. The highest BCUT2D eigenvalue weighted by molar-refractivity contribution is 5.71. The third kappa shape index (κ3) is 3.26. The summed E-state index contributed by atoms with van der Waals surface area (Å²) < 4.78 is 5.55. The van der Waals surface area contributed by atoms with Crippen molar-refractivity contribution in [2.24, 2.45) is 5.92 Å². The standard InChI is InChI=1S/C15H21NO3/c1-3-8-19-14-6-4-12(5-7-14)11(2)16-9-13(10-16)15(17)18/h4-7,11,13H,3,8-10H2,1-2H3,(H,17,18). The summed E-state index contributed by atoms with van der Waals surface area (Å²) in [6, 6.07) is 8.34. The maximum absolute atomic E-state index is 10.8. The van der Waals surface area contributed by atoms with Crippen molar-refractivity contribution >= 4 is 5.97 Å². The van der Waals surface area contributed by atoms with Gasteiger partial charge in [-0.2, -0.15) is 0 Å². The molecule has 0 radical (unpaired) electrons. The Bertz CT molecular complexity index is 424. The molecule has 1 saturated heterocycles. The number of benzene rings is 1. The van der Waals surface area contributed by atoms with Gasteiger partial charge >= 0.3 is 5.97 Å². The van der Waals surface area contributed by atoms with E-state index in [1.165, 1.54) is 5.56 Å². The van der Waals surface area contributed by atoms with Crippen LogP contribution in [0.4, 0.5) is 0 Å². The molecule has 0 aliphatic carbocycles. The van der Waals surface area contributed by atoms with Gasteiger partial charge in [-0.05, 0) is 31.0 Å². The lowest BCUT2D eigenvalue weighted by atomic mass is 9.95. The third-order valence-corrected chi connectivity index (χ3v) is 3.64. The number of hydrogen-bond acceptors (Lipinski definition) is 3. The van der Waals surface area contributed by atoms with Crippen LogP contribution < -0.4 is 4.74 Å². The molecular formula is C15H21NO3. The molecule has 1 aliphatic heterocycles. The molecule has 0 amide bonds. The zero-order chi connectivity index (χ0) is 13.8. The minimum atomic E-state index is -0.688. The number of nitrogens with zero attached hydrogens (tertiary/aromatic N) is 1. The number of hydrogen-bond donors (Lipinski definition) is 1. The lowest BCUT2D eigenvalue weighted by Crippen LogP contribution is -2.51. The number of carboxylic acid groups (broad SMARTS) is 1. The Morgan fingerprint density at radius 2 is 2.05 bits per heavy atom. The van der Waals surface area contributed by atoms with Crippen LogP contribution in [-0.2, 0) is 4.79 Å². The van der Waals surface area contributed by atoms with Crippen LogP contribution in [0, 0.1) is 5.92 Å². The first-order valence-corrected chi connectivity index (χ1v) is 6.81. The molecule has 104 valence electrons. The number of likely N-dealkylation sites (tertiary alicyclic amines) is 1. The normalized spacial score (nSPS) is 17.8. The van der Waals surface area contributed by atoms with Crippen LogP contribution in [0.3, 0.4) is 0 Å². The van der Waals surface area contributed by atoms with Crippen molar-refractivity contribution in [2.75, 3.05) is 19.7 Å². The topological polar surface area (TPSA) is 49.8 Å². The molecule has 1 atom stereocenters. The highest BCUT2D eigenvalue weighted by Gasteiger charge is 2.35. The van der Waals surface area contributed by atoms with E-state index in [9.17, 15) is 4.79 Å². The quantitative estimate of drug-likeness (QED) is 0.857. The Kier molecular flexibility index (Phi) is 4.43. The van der Waals surface area contributed by atoms with Crippen molar-refractivity contribution in [3.8, 4) is 5.75 Å². The molecule has 1 N–H and O–H groups in total. The van der Waals surface area contributed by atoms with Crippen LogP contribution in [0.2, 0.25) is 0 Å². The van der Waals surface area contributed by atoms with Crippen molar-refractivity contribution in [3.63, 3.8) is 0 Å². The van der Waals surface area contributed by atoms with E-state index in [4.69, 9.17) is 9.84 Å². The second-order valence-corrected chi connectivity index (χ2v) is 5.08. The van der Waals surface area contributed by atoms with E-state index in [-0.39, 0.29) is 12.0 Å². The van der Waals surface area contributed by atoms with Gasteiger partial charge in [0.1, 0.15) is 5.75 Å². The number of aliphatic carboxylic acids is 1. The number of rotatable bonds is 6. The summed E-state index contributed by atoms with van der Waals surface area (Å²) in [6.07, 6.45) is 1.00. The average Bonchev–Trinajstić information content (AvgIpc) is 2.34. The van der Waals surface area contributed by atoms with Gasteiger partial charge < -0.3 is 9.84 Å². The van der Waals surface area contributed by atoms with Gasteiger partial charge in [-0.3, -0.25) is 9.69 Å². The molecule has 0 bridgehead atoms. The summed E-state index contributed by atoms with van der Waals surface area (Å²) in [4.78, 5) is 13.0. The molecule has 1 fully saturated rings. The Morgan fingerprint density at radius 3 is 2.58 bits per heavy atom. The van der Waals surface area contributed by atoms with E-state index in [1.54, 1.807) is 0 Å². The highest BCUT2D eigenvalue weighted by Crippen LogP contribution is 2.29. The molecule has 1 heterocycles. The maximum Gasteiger partial charge on any atom is 0.309 e. The minimum absolute atomic E-state index is 0.199. The van der Waals surface area contributed by atoms with Gasteiger partial charge in [-0.25, -0.2) is 0 Å². The molecule has 1 aliphatic rings. The summed E-state index contributed by atoms with van der Waals surface area (Å²) in [5.41, 5.74) is 1.20. The summed E-state index contributed by atoms with van der Waals surface area (Å²) in [6.45, 7) is 6.22. The molecule has 19 heavy (non-hydrogen) atoms. The summed E-state index contributed by atoms with van der Waals surface area (Å²) in [5, 5.41) is 8.88. The highest BCUT2D eigenvalue weighted by atomic mass is 16.5. The van der Waals surface area contributed by atoms with Crippen LogP contribution >= 0.6 is 0 Å². The fourth-order valence-electron chi connectivity index (χ4n) is 2.26. The summed E-state index contributed by atoms with van der Waals surface area (Å²) in [5.74, 6) is 0.00574. The molecule has 4 heteroatoms. The van der Waals surface area contributed by atoms with Crippen molar-refractivity contribution in [1.29, 1.82) is 0 Å². The minimum Gasteiger partial charge on any atom is -0.494 e. The molecule has 1 unspecified atom stereocenters. The van der Waals surface area contributed by atoms with E-state index in [1.807, 2.05) is 12.1 Å². The molecule has 1 aromatic carbocycles.